The molecular weight excluding hydrogens is 387 g/mol. The molecule has 0 aliphatic rings. The van der Waals surface area contributed by atoms with Gasteiger partial charge in [-0.1, -0.05) is 41.7 Å². The molecule has 0 saturated carbocycles. The van der Waals surface area contributed by atoms with Crippen LogP contribution in [0.3, 0.4) is 0 Å². The van der Waals surface area contributed by atoms with Crippen LogP contribution in [0.1, 0.15) is 21.3 Å². The van der Waals surface area contributed by atoms with Crippen LogP contribution in [0.15, 0.2) is 66.7 Å². The van der Waals surface area contributed by atoms with Crippen LogP contribution in [0.2, 0.25) is 0 Å². The number of thiophene rings is 1. The Labute approximate surface area is 162 Å². The molecule has 2 aromatic carbocycles. The summed E-state index contributed by atoms with van der Waals surface area (Å²) in [7, 11) is 0. The first-order valence-electron chi connectivity index (χ1n) is 8.00. The van der Waals surface area contributed by atoms with E-state index in [4.69, 9.17) is 4.74 Å². The van der Waals surface area contributed by atoms with E-state index >= 15 is 0 Å². The number of ether oxygens (including phenoxy) is 1. The van der Waals surface area contributed by atoms with Gasteiger partial charge in [0.1, 0.15) is 10.7 Å². The zero-order valence-corrected chi connectivity index (χ0v) is 15.0. The Morgan fingerprint density at radius 1 is 1.04 bits per heavy atom. The van der Waals surface area contributed by atoms with E-state index in [0.29, 0.717) is 22.6 Å². The standard InChI is InChI=1S/C19H13FN2O5S/c20-13-6-8-14(9-7-13)21-18(23)17(12-4-2-1-3-5-12)27-19(24)15-10-11-16(28-15)22(25)26/h1-11,17H,(H,21,23)/t17-/m1/s1. The fraction of sp³-hybridized carbons (Fsp3) is 0.0526. The van der Waals surface area contributed by atoms with Crippen molar-refractivity contribution in [3.8, 4) is 0 Å². The topological polar surface area (TPSA) is 98.5 Å². The fourth-order valence-corrected chi connectivity index (χ4v) is 3.05. The van der Waals surface area contributed by atoms with Crippen LogP contribution in [0.25, 0.3) is 0 Å². The number of nitro groups is 1. The van der Waals surface area contributed by atoms with E-state index in [2.05, 4.69) is 5.32 Å². The molecule has 0 bridgehead atoms. The number of hydrogen-bond acceptors (Lipinski definition) is 6. The van der Waals surface area contributed by atoms with Gasteiger partial charge in [-0.05, 0) is 30.3 Å². The molecular formula is C19H13FN2O5S. The first kappa shape index (κ1) is 19.2. The third kappa shape index (κ3) is 4.57. The average Bonchev–Trinajstić information content (AvgIpc) is 3.19. The summed E-state index contributed by atoms with van der Waals surface area (Å²) < 4.78 is 18.4. The normalized spacial score (nSPS) is 11.5. The van der Waals surface area contributed by atoms with Crippen LogP contribution in [0.4, 0.5) is 15.1 Å². The number of hydrogen-bond donors (Lipinski definition) is 1. The first-order chi connectivity index (χ1) is 13.4. The number of amides is 1. The number of benzene rings is 2. The lowest BCUT2D eigenvalue weighted by atomic mass is 10.1. The van der Waals surface area contributed by atoms with Crippen molar-refractivity contribution >= 4 is 33.9 Å². The van der Waals surface area contributed by atoms with Gasteiger partial charge >= 0.3 is 11.0 Å². The number of carbonyl (C=O) groups excluding carboxylic acids is 2. The van der Waals surface area contributed by atoms with Crippen molar-refractivity contribution in [3.05, 3.63) is 93.1 Å². The number of esters is 1. The van der Waals surface area contributed by atoms with Crippen LogP contribution in [-0.2, 0) is 9.53 Å². The quantitative estimate of drug-likeness (QED) is 0.377. The molecule has 3 rings (SSSR count). The highest BCUT2D eigenvalue weighted by Crippen LogP contribution is 2.27. The maximum Gasteiger partial charge on any atom is 0.349 e. The van der Waals surface area contributed by atoms with Gasteiger partial charge in [0.2, 0.25) is 6.10 Å². The van der Waals surface area contributed by atoms with Crippen LogP contribution in [0.5, 0.6) is 0 Å². The highest BCUT2D eigenvalue weighted by molar-refractivity contribution is 7.17. The fourth-order valence-electron chi connectivity index (χ4n) is 2.34. The summed E-state index contributed by atoms with van der Waals surface area (Å²) in [5, 5.41) is 13.1. The van der Waals surface area contributed by atoms with E-state index in [1.165, 1.54) is 36.4 Å². The smallest absolute Gasteiger partial charge is 0.349 e. The van der Waals surface area contributed by atoms with Crippen LogP contribution in [-0.4, -0.2) is 16.8 Å². The Bertz CT molecular complexity index is 1000. The molecule has 9 heteroatoms. The van der Waals surface area contributed by atoms with Gasteiger partial charge < -0.3 is 10.1 Å². The Morgan fingerprint density at radius 3 is 2.32 bits per heavy atom. The van der Waals surface area contributed by atoms with E-state index in [-0.39, 0.29) is 9.88 Å². The lowest BCUT2D eigenvalue weighted by Gasteiger charge is -2.17. The Hall–Kier alpha value is -3.59. The minimum absolute atomic E-state index is 0.00205. The van der Waals surface area contributed by atoms with Gasteiger partial charge in [0, 0.05) is 17.3 Å². The first-order valence-corrected chi connectivity index (χ1v) is 8.82. The molecule has 1 N–H and O–H groups in total. The highest BCUT2D eigenvalue weighted by Gasteiger charge is 2.27. The second-order valence-electron chi connectivity index (χ2n) is 5.59. The van der Waals surface area contributed by atoms with E-state index in [9.17, 15) is 24.1 Å². The van der Waals surface area contributed by atoms with E-state index in [1.807, 2.05) is 0 Å². The number of anilines is 1. The predicted molar refractivity (Wildman–Crippen MR) is 101 cm³/mol. The van der Waals surface area contributed by atoms with Crippen molar-refractivity contribution in [1.82, 2.24) is 0 Å². The van der Waals surface area contributed by atoms with Gasteiger partial charge in [-0.25, -0.2) is 9.18 Å². The van der Waals surface area contributed by atoms with Crippen molar-refractivity contribution in [3.63, 3.8) is 0 Å². The third-order valence-corrected chi connectivity index (χ3v) is 4.67. The van der Waals surface area contributed by atoms with Gasteiger partial charge in [-0.15, -0.1) is 0 Å². The monoisotopic (exact) mass is 400 g/mol. The van der Waals surface area contributed by atoms with E-state index < -0.39 is 28.7 Å². The summed E-state index contributed by atoms with van der Waals surface area (Å²) in [5.41, 5.74) is 0.747. The molecule has 1 amide bonds. The zero-order chi connectivity index (χ0) is 20.1. The van der Waals surface area contributed by atoms with Gasteiger partial charge in [-0.3, -0.25) is 14.9 Å². The lowest BCUT2D eigenvalue weighted by Crippen LogP contribution is -2.25. The third-order valence-electron chi connectivity index (χ3n) is 3.65. The highest BCUT2D eigenvalue weighted by atomic mass is 32.1. The number of carbonyl (C=O) groups is 2. The number of nitrogens with zero attached hydrogens (tertiary/aromatic N) is 1. The number of nitrogens with one attached hydrogen (secondary N) is 1. The number of rotatable bonds is 6. The Kier molecular flexibility index (Phi) is 5.75. The average molecular weight is 400 g/mol. The van der Waals surface area contributed by atoms with E-state index in [0.717, 1.165) is 0 Å². The van der Waals surface area contributed by atoms with Gasteiger partial charge in [0.15, 0.2) is 0 Å². The van der Waals surface area contributed by atoms with Crippen molar-refractivity contribution in [2.45, 2.75) is 6.10 Å². The second kappa shape index (κ2) is 8.40. The molecule has 0 aliphatic heterocycles. The SMILES string of the molecule is O=C(O[C@@H](C(=O)Nc1ccc(F)cc1)c1ccccc1)c1ccc([N+](=O)[O-])s1. The van der Waals surface area contributed by atoms with Crippen molar-refractivity contribution in [1.29, 1.82) is 0 Å². The summed E-state index contributed by atoms with van der Waals surface area (Å²) in [6.07, 6.45) is -1.29. The molecule has 7 nitrogen and oxygen atoms in total. The molecule has 0 radical (unpaired) electrons. The summed E-state index contributed by atoms with van der Waals surface area (Å²) >= 11 is 0.657. The van der Waals surface area contributed by atoms with Gasteiger partial charge in [0.05, 0.1) is 4.92 Å². The van der Waals surface area contributed by atoms with Crippen molar-refractivity contribution < 1.29 is 23.6 Å². The summed E-state index contributed by atoms with van der Waals surface area (Å²) in [4.78, 5) is 35.3. The van der Waals surface area contributed by atoms with Crippen molar-refractivity contribution in [2.24, 2.45) is 0 Å². The molecule has 3 aromatic rings. The maximum absolute atomic E-state index is 13.0. The van der Waals surface area contributed by atoms with Crippen LogP contribution >= 0.6 is 11.3 Å². The lowest BCUT2D eigenvalue weighted by molar-refractivity contribution is -0.380. The summed E-state index contributed by atoms with van der Waals surface area (Å²) in [6, 6.07) is 15.9. The molecule has 0 spiro atoms. The molecule has 0 unspecified atom stereocenters. The Morgan fingerprint density at radius 2 is 1.71 bits per heavy atom. The number of halogens is 1. The molecule has 1 atom stereocenters. The Balaban J connectivity index is 1.82. The zero-order valence-electron chi connectivity index (χ0n) is 14.2. The predicted octanol–water partition coefficient (Wildman–Crippen LogP) is 4.33. The minimum Gasteiger partial charge on any atom is -0.443 e. The van der Waals surface area contributed by atoms with Gasteiger partial charge in [-0.2, -0.15) is 0 Å². The van der Waals surface area contributed by atoms with Crippen molar-refractivity contribution in [2.75, 3.05) is 5.32 Å². The summed E-state index contributed by atoms with van der Waals surface area (Å²) in [6.45, 7) is 0. The molecule has 28 heavy (non-hydrogen) atoms. The minimum atomic E-state index is -1.29. The molecule has 1 aromatic heterocycles. The molecule has 0 fully saturated rings. The second-order valence-corrected chi connectivity index (χ2v) is 6.65. The van der Waals surface area contributed by atoms with Crippen LogP contribution in [0, 0.1) is 15.9 Å². The van der Waals surface area contributed by atoms with Crippen LogP contribution < -0.4 is 5.32 Å². The molecule has 0 saturated heterocycles. The van der Waals surface area contributed by atoms with E-state index in [1.54, 1.807) is 30.3 Å². The maximum atomic E-state index is 13.0. The largest absolute Gasteiger partial charge is 0.443 e. The molecule has 0 aliphatic carbocycles. The van der Waals surface area contributed by atoms with Gasteiger partial charge in [0.25, 0.3) is 5.91 Å². The summed E-state index contributed by atoms with van der Waals surface area (Å²) in [5.74, 6) is -1.96. The molecule has 1 heterocycles. The molecule has 142 valence electrons.